The van der Waals surface area contributed by atoms with E-state index >= 15 is 0 Å². The van der Waals surface area contributed by atoms with Crippen molar-refractivity contribution in [2.75, 3.05) is 6.54 Å². The van der Waals surface area contributed by atoms with Gasteiger partial charge in [-0.3, -0.25) is 24.1 Å². The number of esters is 1. The van der Waals surface area contributed by atoms with Crippen molar-refractivity contribution in [1.29, 1.82) is 5.26 Å². The van der Waals surface area contributed by atoms with E-state index in [0.717, 1.165) is 5.56 Å². The number of rotatable bonds is 9. The zero-order valence-electron chi connectivity index (χ0n) is 22.0. The summed E-state index contributed by atoms with van der Waals surface area (Å²) in [6.07, 6.45) is 0.615. The molecule has 3 amide bonds. The van der Waals surface area contributed by atoms with Crippen LogP contribution in [0.3, 0.4) is 0 Å². The number of carbonyl (C=O) groups excluding carboxylic acids is 4. The zero-order chi connectivity index (χ0) is 27.8. The molecule has 38 heavy (non-hydrogen) atoms. The summed E-state index contributed by atoms with van der Waals surface area (Å²) >= 11 is 0. The Labute approximate surface area is 222 Å². The minimum Gasteiger partial charge on any atom is -0.445 e. The van der Waals surface area contributed by atoms with Crippen LogP contribution < -0.4 is 5.32 Å². The lowest BCUT2D eigenvalue weighted by Crippen LogP contribution is -2.57. The van der Waals surface area contributed by atoms with Crippen molar-refractivity contribution < 1.29 is 23.9 Å². The predicted molar refractivity (Wildman–Crippen MR) is 141 cm³/mol. The number of carbonyl (C=O) groups is 4. The van der Waals surface area contributed by atoms with E-state index in [9.17, 15) is 24.4 Å². The Balaban J connectivity index is 1.93. The Kier molecular flexibility index (Phi) is 9.39. The van der Waals surface area contributed by atoms with Crippen LogP contribution in [0.25, 0.3) is 5.70 Å². The van der Waals surface area contributed by atoms with Gasteiger partial charge in [-0.1, -0.05) is 74.5 Å². The van der Waals surface area contributed by atoms with Crippen LogP contribution in [0.2, 0.25) is 0 Å². The molecule has 0 aromatic heterocycles. The van der Waals surface area contributed by atoms with Gasteiger partial charge < -0.3 is 15.0 Å². The van der Waals surface area contributed by atoms with Gasteiger partial charge in [0.15, 0.2) is 0 Å². The third kappa shape index (κ3) is 6.85. The molecule has 0 bridgehead atoms. The third-order valence-corrected chi connectivity index (χ3v) is 6.17. The minimum atomic E-state index is -1.23. The van der Waals surface area contributed by atoms with Crippen LogP contribution in [0.4, 0.5) is 0 Å². The van der Waals surface area contributed by atoms with Gasteiger partial charge in [-0.25, -0.2) is 0 Å². The topological polar surface area (TPSA) is 120 Å². The predicted octanol–water partition coefficient (Wildman–Crippen LogP) is 2.88. The highest BCUT2D eigenvalue weighted by Gasteiger charge is 2.40. The lowest BCUT2D eigenvalue weighted by Gasteiger charge is -2.40. The molecule has 2 aromatic rings. The largest absolute Gasteiger partial charge is 0.445 e. The van der Waals surface area contributed by atoms with Crippen molar-refractivity contribution in [2.45, 2.75) is 52.3 Å². The average Bonchev–Trinajstić information content (AvgIpc) is 2.88. The maximum Gasteiger partial charge on any atom is 0.304 e. The van der Waals surface area contributed by atoms with Crippen molar-refractivity contribution in [3.63, 3.8) is 0 Å². The molecule has 1 N–H and O–H groups in total. The van der Waals surface area contributed by atoms with Crippen LogP contribution in [0, 0.1) is 17.2 Å². The van der Waals surface area contributed by atoms with E-state index in [2.05, 4.69) is 5.32 Å². The van der Waals surface area contributed by atoms with E-state index in [-0.39, 0.29) is 30.7 Å². The molecule has 198 valence electrons. The molecule has 0 aliphatic carbocycles. The second-order valence-corrected chi connectivity index (χ2v) is 9.44. The quantitative estimate of drug-likeness (QED) is 0.512. The lowest BCUT2D eigenvalue weighted by atomic mass is 9.97. The Morgan fingerprint density at radius 2 is 1.63 bits per heavy atom. The first-order chi connectivity index (χ1) is 18.1. The maximum atomic E-state index is 13.7. The number of benzene rings is 2. The van der Waals surface area contributed by atoms with Crippen LogP contribution in [0.15, 0.2) is 66.9 Å². The fourth-order valence-corrected chi connectivity index (χ4v) is 4.45. The molecule has 1 aliphatic rings. The first-order valence-electron chi connectivity index (χ1n) is 12.4. The number of hydrogen-bond acceptors (Lipinski definition) is 6. The molecule has 0 radical (unpaired) electrons. The van der Waals surface area contributed by atoms with E-state index in [4.69, 9.17) is 4.74 Å². The second kappa shape index (κ2) is 12.7. The lowest BCUT2D eigenvalue weighted by molar-refractivity contribution is -0.146. The first kappa shape index (κ1) is 28.1. The molecule has 0 saturated carbocycles. The number of nitrogens with zero attached hydrogens (tertiary/aromatic N) is 3. The van der Waals surface area contributed by atoms with Gasteiger partial charge in [-0.05, 0) is 23.5 Å². The summed E-state index contributed by atoms with van der Waals surface area (Å²) in [5.74, 6) is -2.05. The molecule has 1 aliphatic heterocycles. The van der Waals surface area contributed by atoms with Crippen LogP contribution in [0.1, 0.15) is 38.8 Å². The number of amides is 3. The van der Waals surface area contributed by atoms with Crippen LogP contribution in [-0.4, -0.2) is 58.2 Å². The fourth-order valence-electron chi connectivity index (χ4n) is 4.45. The normalized spacial score (nSPS) is 16.8. The van der Waals surface area contributed by atoms with E-state index in [0.29, 0.717) is 11.3 Å². The van der Waals surface area contributed by atoms with Crippen molar-refractivity contribution in [3.05, 3.63) is 78.0 Å². The van der Waals surface area contributed by atoms with Crippen molar-refractivity contribution in [1.82, 2.24) is 15.1 Å². The van der Waals surface area contributed by atoms with Crippen molar-refractivity contribution in [2.24, 2.45) is 5.92 Å². The fraction of sp³-hybridized carbons (Fsp3) is 0.345. The smallest absolute Gasteiger partial charge is 0.304 e. The van der Waals surface area contributed by atoms with Gasteiger partial charge in [0.1, 0.15) is 18.7 Å². The molecule has 2 aromatic carbocycles. The molecule has 9 heteroatoms. The molecule has 3 atom stereocenters. The highest BCUT2D eigenvalue weighted by Crippen LogP contribution is 2.30. The van der Waals surface area contributed by atoms with E-state index in [1.807, 2.05) is 56.3 Å². The molecule has 0 saturated heterocycles. The van der Waals surface area contributed by atoms with Crippen molar-refractivity contribution in [3.8, 4) is 6.07 Å². The van der Waals surface area contributed by atoms with Crippen LogP contribution in [0.5, 0.6) is 0 Å². The van der Waals surface area contributed by atoms with Gasteiger partial charge in [0.2, 0.25) is 17.9 Å². The Morgan fingerprint density at radius 1 is 1.03 bits per heavy atom. The van der Waals surface area contributed by atoms with Gasteiger partial charge in [-0.15, -0.1) is 0 Å². The molecular formula is C29H32N4O5. The number of hydrogen-bond donors (Lipinski definition) is 1. The molecule has 1 heterocycles. The Morgan fingerprint density at radius 3 is 2.16 bits per heavy atom. The SMILES string of the molecule is CC(=O)OC(C#N)[C@H](Cc1ccccc1)NC(=O)CN1C(=O)C(C(C)C)N(C(C)=O)C=C1c1ccccc1. The number of nitrogens with one attached hydrogen (secondary N) is 1. The highest BCUT2D eigenvalue weighted by molar-refractivity contribution is 5.99. The third-order valence-electron chi connectivity index (χ3n) is 6.17. The summed E-state index contributed by atoms with van der Waals surface area (Å²) in [5.41, 5.74) is 1.91. The summed E-state index contributed by atoms with van der Waals surface area (Å²) in [6, 6.07) is 18.5. The molecular weight excluding hydrogens is 484 g/mol. The summed E-state index contributed by atoms with van der Waals surface area (Å²) in [7, 11) is 0. The average molecular weight is 517 g/mol. The molecule has 3 rings (SSSR count). The monoisotopic (exact) mass is 516 g/mol. The number of nitriles is 1. The van der Waals surface area contributed by atoms with E-state index in [1.54, 1.807) is 30.5 Å². The van der Waals surface area contributed by atoms with Gasteiger partial charge in [0.05, 0.1) is 11.7 Å². The highest BCUT2D eigenvalue weighted by atomic mass is 16.5. The van der Waals surface area contributed by atoms with Crippen LogP contribution in [-0.2, 0) is 30.3 Å². The van der Waals surface area contributed by atoms with Gasteiger partial charge >= 0.3 is 5.97 Å². The summed E-state index contributed by atoms with van der Waals surface area (Å²) < 4.78 is 5.17. The molecule has 0 spiro atoms. The molecule has 0 fully saturated rings. The van der Waals surface area contributed by atoms with E-state index in [1.165, 1.54) is 23.6 Å². The van der Waals surface area contributed by atoms with Gasteiger partial charge in [0, 0.05) is 20.0 Å². The molecule has 2 unspecified atom stereocenters. The van der Waals surface area contributed by atoms with Crippen molar-refractivity contribution >= 4 is 29.4 Å². The first-order valence-corrected chi connectivity index (χ1v) is 12.4. The van der Waals surface area contributed by atoms with Gasteiger partial charge in [-0.2, -0.15) is 5.26 Å². The van der Waals surface area contributed by atoms with Gasteiger partial charge in [0.25, 0.3) is 5.91 Å². The Hall–Kier alpha value is -4.45. The minimum absolute atomic E-state index is 0.205. The summed E-state index contributed by atoms with van der Waals surface area (Å²) in [5, 5.41) is 12.5. The Bertz CT molecular complexity index is 1240. The van der Waals surface area contributed by atoms with E-state index < -0.39 is 30.1 Å². The van der Waals surface area contributed by atoms with Crippen LogP contribution >= 0.6 is 0 Å². The summed E-state index contributed by atoms with van der Waals surface area (Å²) in [6.45, 7) is 5.92. The maximum absolute atomic E-state index is 13.7. The molecule has 9 nitrogen and oxygen atoms in total. The standard InChI is InChI=1S/C29H32N4O5/c1-19(2)28-29(37)33(25(17-32(28)20(3)34)23-13-9-6-10-14-23)18-27(36)31-24(26(16-30)38-21(4)35)15-22-11-7-5-8-12-22/h5-14,17,19,24,26,28H,15,18H2,1-4H3,(H,31,36)/t24-,26?,28?/m0/s1. The number of ether oxygens (including phenoxy) is 1. The zero-order valence-corrected chi connectivity index (χ0v) is 22.0. The summed E-state index contributed by atoms with van der Waals surface area (Å²) in [4.78, 5) is 53.9. The second-order valence-electron chi connectivity index (χ2n) is 9.44.